The van der Waals surface area contributed by atoms with Gasteiger partial charge in [-0.05, 0) is 29.5 Å². The van der Waals surface area contributed by atoms with Crippen molar-refractivity contribution in [3.8, 4) is 0 Å². The van der Waals surface area contributed by atoms with E-state index >= 15 is 0 Å². The molecule has 2 saturated heterocycles. The molecular formula is C18H20N4O2S. The first kappa shape index (κ1) is 16.1. The predicted molar refractivity (Wildman–Crippen MR) is 96.4 cm³/mol. The molecule has 1 atom stereocenters. The molecule has 4 heterocycles. The first-order chi connectivity index (χ1) is 12.2. The molecule has 2 aromatic heterocycles. The highest BCUT2D eigenvalue weighted by Crippen LogP contribution is 2.42. The van der Waals surface area contributed by atoms with Crippen molar-refractivity contribution in [2.75, 3.05) is 24.5 Å². The Morgan fingerprint density at radius 3 is 3.04 bits per heavy atom. The number of nitrogens with one attached hydrogen (secondary N) is 1. The Balaban J connectivity index is 1.36. The van der Waals surface area contributed by atoms with Crippen LogP contribution in [0.4, 0.5) is 10.5 Å². The van der Waals surface area contributed by atoms with Gasteiger partial charge in [-0.15, -0.1) is 0 Å². The molecule has 0 aliphatic carbocycles. The maximum absolute atomic E-state index is 12.4. The molecule has 0 radical (unpaired) electrons. The van der Waals surface area contributed by atoms with Crippen molar-refractivity contribution >= 4 is 29.0 Å². The lowest BCUT2D eigenvalue weighted by Gasteiger charge is -2.24. The fourth-order valence-corrected chi connectivity index (χ4v) is 4.36. The standard InChI is InChI=1S/C18H20N4O2S/c23-16-8-18(13-22(16)15-3-7-25-11-15)4-6-21(12-18)17(24)20-10-14-2-1-5-19-9-14/h1-3,5,7,9,11H,4,6,8,10,12-13H2,(H,20,24)/t18-/m0/s1. The molecule has 2 fully saturated rings. The maximum Gasteiger partial charge on any atom is 0.317 e. The van der Waals surface area contributed by atoms with Gasteiger partial charge in [-0.1, -0.05) is 6.07 Å². The molecular weight excluding hydrogens is 336 g/mol. The molecule has 0 unspecified atom stereocenters. The van der Waals surface area contributed by atoms with Crippen LogP contribution in [-0.2, 0) is 11.3 Å². The van der Waals surface area contributed by atoms with Gasteiger partial charge < -0.3 is 15.1 Å². The summed E-state index contributed by atoms with van der Waals surface area (Å²) in [5.41, 5.74) is 1.85. The van der Waals surface area contributed by atoms with Crippen LogP contribution in [0.15, 0.2) is 41.4 Å². The third-order valence-corrected chi connectivity index (χ3v) is 5.70. The van der Waals surface area contributed by atoms with Gasteiger partial charge in [-0.2, -0.15) is 11.3 Å². The van der Waals surface area contributed by atoms with Gasteiger partial charge in [0, 0.05) is 55.8 Å². The molecule has 6 nitrogen and oxygen atoms in total. The van der Waals surface area contributed by atoms with Crippen LogP contribution in [0.3, 0.4) is 0 Å². The number of hydrogen-bond donors (Lipinski definition) is 1. The number of urea groups is 1. The summed E-state index contributed by atoms with van der Waals surface area (Å²) in [6.45, 7) is 2.51. The number of carbonyl (C=O) groups is 2. The third-order valence-electron chi connectivity index (χ3n) is 5.03. The van der Waals surface area contributed by atoms with Crippen molar-refractivity contribution in [3.63, 3.8) is 0 Å². The predicted octanol–water partition coefficient (Wildman–Crippen LogP) is 2.48. The van der Waals surface area contributed by atoms with E-state index in [1.807, 2.05) is 38.8 Å². The average molecular weight is 356 g/mol. The van der Waals surface area contributed by atoms with Crippen molar-refractivity contribution < 1.29 is 9.59 Å². The molecule has 3 amide bonds. The third kappa shape index (κ3) is 3.24. The van der Waals surface area contributed by atoms with Crippen LogP contribution in [0.1, 0.15) is 18.4 Å². The zero-order valence-corrected chi connectivity index (χ0v) is 14.7. The number of rotatable bonds is 3. The van der Waals surface area contributed by atoms with Crippen LogP contribution in [0.5, 0.6) is 0 Å². The van der Waals surface area contributed by atoms with Crippen LogP contribution in [0.25, 0.3) is 0 Å². The number of aromatic nitrogens is 1. The van der Waals surface area contributed by atoms with Crippen LogP contribution in [0, 0.1) is 5.41 Å². The molecule has 7 heteroatoms. The summed E-state index contributed by atoms with van der Waals surface area (Å²) in [5, 5.41) is 6.94. The minimum Gasteiger partial charge on any atom is -0.334 e. The summed E-state index contributed by atoms with van der Waals surface area (Å²) in [5.74, 6) is 0.163. The molecule has 0 bridgehead atoms. The fourth-order valence-electron chi connectivity index (χ4n) is 3.72. The van der Waals surface area contributed by atoms with Crippen molar-refractivity contribution in [2.24, 2.45) is 5.41 Å². The van der Waals surface area contributed by atoms with Crippen LogP contribution in [-0.4, -0.2) is 41.5 Å². The number of thiophene rings is 1. The number of amides is 3. The molecule has 2 aliphatic heterocycles. The van der Waals surface area contributed by atoms with Gasteiger partial charge >= 0.3 is 6.03 Å². The fraction of sp³-hybridized carbons (Fsp3) is 0.389. The van der Waals surface area contributed by atoms with Gasteiger partial charge in [0.1, 0.15) is 0 Å². The van der Waals surface area contributed by atoms with E-state index in [1.165, 1.54) is 0 Å². The maximum atomic E-state index is 12.4. The Morgan fingerprint density at radius 2 is 2.28 bits per heavy atom. The van der Waals surface area contributed by atoms with Gasteiger partial charge in [0.25, 0.3) is 0 Å². The summed E-state index contributed by atoms with van der Waals surface area (Å²) in [7, 11) is 0. The topological polar surface area (TPSA) is 65.5 Å². The van der Waals surface area contributed by atoms with E-state index in [4.69, 9.17) is 0 Å². The summed E-state index contributed by atoms with van der Waals surface area (Å²) in [4.78, 5) is 32.6. The van der Waals surface area contributed by atoms with Gasteiger partial charge in [-0.3, -0.25) is 9.78 Å². The second-order valence-electron chi connectivity index (χ2n) is 6.83. The minimum absolute atomic E-state index is 0.0674. The first-order valence-electron chi connectivity index (χ1n) is 8.40. The molecule has 0 aromatic carbocycles. The average Bonchev–Trinajstić information content (AvgIpc) is 3.35. The van der Waals surface area contributed by atoms with E-state index in [-0.39, 0.29) is 17.4 Å². The largest absolute Gasteiger partial charge is 0.334 e. The second kappa shape index (κ2) is 6.48. The van der Waals surface area contributed by atoms with Gasteiger partial charge in [0.05, 0.1) is 5.69 Å². The normalized spacial score (nSPS) is 22.8. The lowest BCUT2D eigenvalue weighted by molar-refractivity contribution is -0.117. The summed E-state index contributed by atoms with van der Waals surface area (Å²) in [6, 6.07) is 5.71. The molecule has 1 spiro atoms. The van der Waals surface area contributed by atoms with Crippen LogP contribution >= 0.6 is 11.3 Å². The van der Waals surface area contributed by atoms with Gasteiger partial charge in [0.15, 0.2) is 0 Å². The molecule has 0 saturated carbocycles. The molecule has 4 rings (SSSR count). The second-order valence-corrected chi connectivity index (χ2v) is 7.61. The number of hydrogen-bond acceptors (Lipinski definition) is 4. The monoisotopic (exact) mass is 356 g/mol. The Bertz CT molecular complexity index is 765. The molecule has 2 aliphatic rings. The number of carbonyl (C=O) groups excluding carboxylic acids is 2. The number of pyridine rings is 1. The Morgan fingerprint density at radius 1 is 1.36 bits per heavy atom. The van der Waals surface area contributed by atoms with E-state index in [2.05, 4.69) is 10.3 Å². The van der Waals surface area contributed by atoms with Crippen molar-refractivity contribution in [2.45, 2.75) is 19.4 Å². The van der Waals surface area contributed by atoms with Crippen molar-refractivity contribution in [1.29, 1.82) is 0 Å². The summed E-state index contributed by atoms with van der Waals surface area (Å²) >= 11 is 1.60. The highest BCUT2D eigenvalue weighted by atomic mass is 32.1. The van der Waals surface area contributed by atoms with Crippen molar-refractivity contribution in [1.82, 2.24) is 15.2 Å². The van der Waals surface area contributed by atoms with Crippen LogP contribution in [0.2, 0.25) is 0 Å². The highest BCUT2D eigenvalue weighted by molar-refractivity contribution is 7.08. The number of anilines is 1. The van der Waals surface area contributed by atoms with Crippen molar-refractivity contribution in [3.05, 3.63) is 46.9 Å². The Labute approximate surface area is 150 Å². The summed E-state index contributed by atoms with van der Waals surface area (Å²) in [6.07, 6.45) is 4.86. The Kier molecular flexibility index (Phi) is 4.17. The lowest BCUT2D eigenvalue weighted by atomic mass is 9.86. The number of likely N-dealkylation sites (tertiary alicyclic amines) is 1. The van der Waals surface area contributed by atoms with E-state index in [9.17, 15) is 9.59 Å². The summed E-state index contributed by atoms with van der Waals surface area (Å²) < 4.78 is 0. The highest BCUT2D eigenvalue weighted by Gasteiger charge is 2.48. The number of nitrogens with zero attached hydrogens (tertiary/aromatic N) is 3. The molecule has 130 valence electrons. The lowest BCUT2D eigenvalue weighted by Crippen LogP contribution is -2.40. The van der Waals surface area contributed by atoms with E-state index in [1.54, 1.807) is 23.7 Å². The SMILES string of the molecule is O=C(NCc1cccnc1)N1CC[C@]2(CC(=O)N(c3ccsc3)C2)C1. The van der Waals surface area contributed by atoms with Crippen LogP contribution < -0.4 is 10.2 Å². The zero-order valence-electron chi connectivity index (χ0n) is 13.9. The molecule has 2 aromatic rings. The quantitative estimate of drug-likeness (QED) is 0.919. The van der Waals surface area contributed by atoms with Gasteiger partial charge in [0.2, 0.25) is 5.91 Å². The minimum atomic E-state index is -0.106. The van der Waals surface area contributed by atoms with E-state index in [0.717, 1.165) is 17.7 Å². The van der Waals surface area contributed by atoms with E-state index in [0.29, 0.717) is 32.6 Å². The smallest absolute Gasteiger partial charge is 0.317 e. The molecule has 25 heavy (non-hydrogen) atoms. The van der Waals surface area contributed by atoms with E-state index < -0.39 is 0 Å². The van der Waals surface area contributed by atoms with Gasteiger partial charge in [-0.25, -0.2) is 4.79 Å². The Hall–Kier alpha value is -2.41. The molecule has 1 N–H and O–H groups in total. The zero-order chi connectivity index (χ0) is 17.3. The first-order valence-corrected chi connectivity index (χ1v) is 9.34.